The maximum absolute atomic E-state index is 5.39. The monoisotopic (exact) mass is 295 g/mol. The zero-order chi connectivity index (χ0) is 14.5. The van der Waals surface area contributed by atoms with Gasteiger partial charge in [0.25, 0.3) is 0 Å². The molecule has 0 saturated carbocycles. The summed E-state index contributed by atoms with van der Waals surface area (Å²) in [6.07, 6.45) is 2.26. The van der Waals surface area contributed by atoms with Crippen LogP contribution in [0.4, 0.5) is 5.13 Å². The molecule has 2 rings (SSSR count). The molecule has 112 valence electrons. The summed E-state index contributed by atoms with van der Waals surface area (Å²) < 4.78 is 5.39. The van der Waals surface area contributed by atoms with Crippen LogP contribution in [0.5, 0.6) is 0 Å². The first-order valence-electron chi connectivity index (χ1n) is 7.27. The van der Waals surface area contributed by atoms with Crippen molar-refractivity contribution in [2.24, 2.45) is 0 Å². The molecule has 0 bridgehead atoms. The Kier molecular flexibility index (Phi) is 5.57. The lowest BCUT2D eigenvalue weighted by molar-refractivity contribution is 0.122. The fourth-order valence-corrected chi connectivity index (χ4v) is 3.20. The van der Waals surface area contributed by atoms with Gasteiger partial charge in [-0.05, 0) is 19.9 Å². The van der Waals surface area contributed by atoms with Crippen molar-refractivity contribution in [3.8, 4) is 0 Å². The minimum atomic E-state index is 0.518. The SMILES string of the molecule is CC(=Cc1sc(N2CCOCC2)nc1C)CNC(C)C. The van der Waals surface area contributed by atoms with Gasteiger partial charge < -0.3 is 15.0 Å². The van der Waals surface area contributed by atoms with E-state index in [9.17, 15) is 0 Å². The standard InChI is InChI=1S/C15H25N3OS/c1-11(2)16-10-12(3)9-14-13(4)17-15(20-14)18-5-7-19-8-6-18/h9,11,16H,5-8,10H2,1-4H3. The smallest absolute Gasteiger partial charge is 0.186 e. The number of aromatic nitrogens is 1. The van der Waals surface area contributed by atoms with Crippen molar-refractivity contribution in [3.63, 3.8) is 0 Å². The quantitative estimate of drug-likeness (QED) is 0.906. The lowest BCUT2D eigenvalue weighted by atomic mass is 10.2. The first kappa shape index (κ1) is 15.5. The lowest BCUT2D eigenvalue weighted by Gasteiger charge is -2.26. The van der Waals surface area contributed by atoms with E-state index in [0.717, 1.165) is 43.7 Å². The highest BCUT2D eigenvalue weighted by Crippen LogP contribution is 2.28. The molecule has 1 aliphatic heterocycles. The topological polar surface area (TPSA) is 37.4 Å². The van der Waals surface area contributed by atoms with E-state index in [1.54, 1.807) is 11.3 Å². The van der Waals surface area contributed by atoms with Gasteiger partial charge in [0.2, 0.25) is 0 Å². The second-order valence-electron chi connectivity index (χ2n) is 5.57. The van der Waals surface area contributed by atoms with Crippen LogP contribution >= 0.6 is 11.3 Å². The van der Waals surface area contributed by atoms with E-state index in [1.807, 2.05) is 0 Å². The summed E-state index contributed by atoms with van der Waals surface area (Å²) in [4.78, 5) is 8.30. The largest absolute Gasteiger partial charge is 0.378 e. The number of morpholine rings is 1. The van der Waals surface area contributed by atoms with Gasteiger partial charge in [-0.25, -0.2) is 4.98 Å². The fourth-order valence-electron chi connectivity index (χ4n) is 2.06. The molecule has 0 spiro atoms. The van der Waals surface area contributed by atoms with E-state index in [-0.39, 0.29) is 0 Å². The Balaban J connectivity index is 2.04. The maximum Gasteiger partial charge on any atom is 0.186 e. The molecule has 0 radical (unpaired) electrons. The van der Waals surface area contributed by atoms with Gasteiger partial charge >= 0.3 is 0 Å². The molecule has 0 atom stereocenters. The van der Waals surface area contributed by atoms with Gasteiger partial charge in [-0.15, -0.1) is 0 Å². The Morgan fingerprint density at radius 3 is 2.80 bits per heavy atom. The number of aryl methyl sites for hydroxylation is 1. The zero-order valence-corrected chi connectivity index (χ0v) is 13.7. The Bertz CT molecular complexity index is 462. The van der Waals surface area contributed by atoms with Gasteiger partial charge in [0, 0.05) is 25.7 Å². The van der Waals surface area contributed by atoms with Crippen LogP contribution in [0.2, 0.25) is 0 Å². The summed E-state index contributed by atoms with van der Waals surface area (Å²) in [5, 5.41) is 4.57. The second-order valence-corrected chi connectivity index (χ2v) is 6.58. The van der Waals surface area contributed by atoms with Crippen molar-refractivity contribution in [2.75, 3.05) is 37.7 Å². The van der Waals surface area contributed by atoms with E-state index in [1.165, 1.54) is 10.5 Å². The predicted octanol–water partition coefficient (Wildman–Crippen LogP) is 2.69. The number of rotatable bonds is 5. The second kappa shape index (κ2) is 7.20. The van der Waals surface area contributed by atoms with Crippen LogP contribution in [-0.2, 0) is 4.74 Å². The third-order valence-corrected chi connectivity index (χ3v) is 4.43. The fraction of sp³-hybridized carbons (Fsp3) is 0.667. The first-order chi connectivity index (χ1) is 9.56. The molecule has 20 heavy (non-hydrogen) atoms. The van der Waals surface area contributed by atoms with E-state index < -0.39 is 0 Å². The molecule has 5 heteroatoms. The van der Waals surface area contributed by atoms with E-state index >= 15 is 0 Å². The Hall–Kier alpha value is -0.910. The highest BCUT2D eigenvalue weighted by Gasteiger charge is 2.16. The minimum Gasteiger partial charge on any atom is -0.378 e. The van der Waals surface area contributed by atoms with E-state index in [2.05, 4.69) is 44.0 Å². The van der Waals surface area contributed by atoms with Gasteiger partial charge in [0.15, 0.2) is 5.13 Å². The van der Waals surface area contributed by atoms with Crippen molar-refractivity contribution in [2.45, 2.75) is 33.7 Å². The molecule has 1 fully saturated rings. The van der Waals surface area contributed by atoms with Crippen LogP contribution in [0, 0.1) is 6.92 Å². The number of thiazole rings is 1. The van der Waals surface area contributed by atoms with E-state index in [0.29, 0.717) is 6.04 Å². The predicted molar refractivity (Wildman–Crippen MR) is 86.7 cm³/mol. The molecule has 1 aliphatic rings. The van der Waals surface area contributed by atoms with Gasteiger partial charge in [-0.1, -0.05) is 30.8 Å². The van der Waals surface area contributed by atoms with Crippen LogP contribution in [0.3, 0.4) is 0 Å². The molecule has 0 aromatic carbocycles. The summed E-state index contributed by atoms with van der Waals surface area (Å²) in [5.41, 5.74) is 2.47. The molecular weight excluding hydrogens is 270 g/mol. The van der Waals surface area contributed by atoms with Crippen LogP contribution in [0.1, 0.15) is 31.3 Å². The first-order valence-corrected chi connectivity index (χ1v) is 8.08. The lowest BCUT2D eigenvalue weighted by Crippen LogP contribution is -2.36. The number of hydrogen-bond donors (Lipinski definition) is 1. The molecule has 0 unspecified atom stereocenters. The Morgan fingerprint density at radius 1 is 1.45 bits per heavy atom. The molecule has 1 aromatic rings. The van der Waals surface area contributed by atoms with Crippen LogP contribution < -0.4 is 10.2 Å². The number of nitrogens with zero attached hydrogens (tertiary/aromatic N) is 2. The van der Waals surface area contributed by atoms with Gasteiger partial charge in [-0.3, -0.25) is 0 Å². The number of anilines is 1. The molecule has 1 N–H and O–H groups in total. The Morgan fingerprint density at radius 2 is 2.15 bits per heavy atom. The van der Waals surface area contributed by atoms with Crippen molar-refractivity contribution in [1.29, 1.82) is 0 Å². The molecule has 2 heterocycles. The van der Waals surface area contributed by atoms with Crippen molar-refractivity contribution >= 4 is 22.5 Å². The number of ether oxygens (including phenoxy) is 1. The average Bonchev–Trinajstić information content (AvgIpc) is 2.79. The minimum absolute atomic E-state index is 0.518. The van der Waals surface area contributed by atoms with Crippen LogP contribution in [-0.4, -0.2) is 43.9 Å². The zero-order valence-electron chi connectivity index (χ0n) is 12.9. The molecule has 0 amide bonds. The summed E-state index contributed by atoms with van der Waals surface area (Å²) in [6, 6.07) is 0.518. The average molecular weight is 295 g/mol. The third kappa shape index (κ3) is 4.30. The van der Waals surface area contributed by atoms with E-state index in [4.69, 9.17) is 9.72 Å². The van der Waals surface area contributed by atoms with Crippen molar-refractivity contribution < 1.29 is 4.74 Å². The molecule has 1 aromatic heterocycles. The van der Waals surface area contributed by atoms with Crippen molar-refractivity contribution in [1.82, 2.24) is 10.3 Å². The maximum atomic E-state index is 5.39. The molecule has 1 saturated heterocycles. The highest BCUT2D eigenvalue weighted by atomic mass is 32.1. The number of nitrogens with one attached hydrogen (secondary N) is 1. The summed E-state index contributed by atoms with van der Waals surface area (Å²) in [7, 11) is 0. The van der Waals surface area contributed by atoms with Crippen LogP contribution in [0.25, 0.3) is 6.08 Å². The normalized spacial score (nSPS) is 17.1. The third-order valence-electron chi connectivity index (χ3n) is 3.27. The molecular formula is C15H25N3OS. The summed E-state index contributed by atoms with van der Waals surface area (Å²) in [6.45, 7) is 13.0. The van der Waals surface area contributed by atoms with Gasteiger partial charge in [0.05, 0.1) is 23.8 Å². The Labute approximate surface area is 125 Å². The summed E-state index contributed by atoms with van der Waals surface area (Å²) in [5.74, 6) is 0. The highest BCUT2D eigenvalue weighted by molar-refractivity contribution is 7.16. The molecule has 0 aliphatic carbocycles. The molecule has 4 nitrogen and oxygen atoms in total. The van der Waals surface area contributed by atoms with Crippen LogP contribution in [0.15, 0.2) is 5.57 Å². The van der Waals surface area contributed by atoms with Gasteiger partial charge in [0.1, 0.15) is 0 Å². The van der Waals surface area contributed by atoms with Gasteiger partial charge in [-0.2, -0.15) is 0 Å². The van der Waals surface area contributed by atoms with Crippen molar-refractivity contribution in [3.05, 3.63) is 16.1 Å². The number of hydrogen-bond acceptors (Lipinski definition) is 5. The summed E-state index contributed by atoms with van der Waals surface area (Å²) >= 11 is 1.78.